The fourth-order valence-electron chi connectivity index (χ4n) is 3.00. The third-order valence-electron chi connectivity index (χ3n) is 4.47. The molecule has 4 aromatic rings. The Morgan fingerprint density at radius 1 is 1.13 bits per heavy atom. The third kappa shape index (κ3) is 4.65. The molecule has 0 spiro atoms. The third-order valence-corrected chi connectivity index (χ3v) is 5.71. The number of halogens is 4. The summed E-state index contributed by atoms with van der Waals surface area (Å²) < 4.78 is 42.2. The smallest absolute Gasteiger partial charge is 0.346 e. The summed E-state index contributed by atoms with van der Waals surface area (Å²) in [5, 5.41) is 4.32. The summed E-state index contributed by atoms with van der Waals surface area (Å²) in [4.78, 5) is 17.3. The molecule has 0 saturated heterocycles. The zero-order chi connectivity index (χ0) is 22.0. The van der Waals surface area contributed by atoms with Gasteiger partial charge in [-0.05, 0) is 28.6 Å². The topological polar surface area (TPSA) is 46.4 Å². The Bertz CT molecular complexity index is 1250. The Labute approximate surface area is 184 Å². The number of hydrogen-bond donors (Lipinski definition) is 1. The van der Waals surface area contributed by atoms with Gasteiger partial charge in [0.2, 0.25) is 0 Å². The summed E-state index contributed by atoms with van der Waals surface area (Å²) in [5.41, 5.74) is -0.541. The molecule has 0 unspecified atom stereocenters. The predicted octanol–water partition coefficient (Wildman–Crippen LogP) is 6.17. The number of hydrogen-bond acceptors (Lipinski definition) is 3. The standard InChI is InChI=1S/C22H15ClF3N3OS/c23-19-18(21(30)27-12-16-7-4-10-31-16)28-20-17(22(24,25)26)11-15(13-29(19)20)9-8-14-5-2-1-3-6-14/h1-11,13H,12H2,(H,27,30)/b9-8+. The molecule has 0 aliphatic heterocycles. The van der Waals surface area contributed by atoms with E-state index in [1.807, 2.05) is 47.8 Å². The largest absolute Gasteiger partial charge is 0.420 e. The quantitative estimate of drug-likeness (QED) is 0.386. The molecule has 1 aromatic carbocycles. The van der Waals surface area contributed by atoms with Gasteiger partial charge in [0.25, 0.3) is 5.91 Å². The van der Waals surface area contributed by atoms with Crippen molar-refractivity contribution in [3.63, 3.8) is 0 Å². The molecule has 3 heterocycles. The molecule has 158 valence electrons. The van der Waals surface area contributed by atoms with Crippen molar-refractivity contribution in [2.75, 3.05) is 0 Å². The van der Waals surface area contributed by atoms with Crippen LogP contribution in [0.4, 0.5) is 13.2 Å². The number of benzene rings is 1. The molecule has 31 heavy (non-hydrogen) atoms. The molecule has 9 heteroatoms. The van der Waals surface area contributed by atoms with Crippen molar-refractivity contribution >= 4 is 46.6 Å². The van der Waals surface area contributed by atoms with E-state index in [1.54, 1.807) is 12.2 Å². The molecule has 0 bridgehead atoms. The number of rotatable bonds is 5. The number of aromatic nitrogens is 2. The van der Waals surface area contributed by atoms with Crippen LogP contribution >= 0.6 is 22.9 Å². The van der Waals surface area contributed by atoms with Crippen molar-refractivity contribution in [1.29, 1.82) is 0 Å². The highest BCUT2D eigenvalue weighted by Gasteiger charge is 2.35. The first-order chi connectivity index (χ1) is 14.8. The molecular weight excluding hydrogens is 447 g/mol. The lowest BCUT2D eigenvalue weighted by atomic mass is 10.1. The van der Waals surface area contributed by atoms with Crippen LogP contribution in [0.15, 0.2) is 60.1 Å². The number of nitrogens with zero attached hydrogens (tertiary/aromatic N) is 2. The van der Waals surface area contributed by atoms with Crippen LogP contribution in [0.1, 0.15) is 32.1 Å². The van der Waals surface area contributed by atoms with Crippen LogP contribution in [0, 0.1) is 0 Å². The summed E-state index contributed by atoms with van der Waals surface area (Å²) in [6.07, 6.45) is 0.00428. The van der Waals surface area contributed by atoms with E-state index >= 15 is 0 Å². The zero-order valence-corrected chi connectivity index (χ0v) is 17.4. The molecule has 1 N–H and O–H groups in total. The van der Waals surface area contributed by atoms with Crippen LogP contribution in [0.5, 0.6) is 0 Å². The maximum Gasteiger partial charge on any atom is 0.420 e. The van der Waals surface area contributed by atoms with Crippen molar-refractivity contribution < 1.29 is 18.0 Å². The van der Waals surface area contributed by atoms with Crippen LogP contribution < -0.4 is 5.32 Å². The first-order valence-corrected chi connectivity index (χ1v) is 10.4. The Balaban J connectivity index is 1.73. The first kappa shape index (κ1) is 21.1. The van der Waals surface area contributed by atoms with Gasteiger partial charge in [-0.15, -0.1) is 11.3 Å². The van der Waals surface area contributed by atoms with Crippen molar-refractivity contribution in [3.8, 4) is 0 Å². The Morgan fingerprint density at radius 3 is 2.55 bits per heavy atom. The van der Waals surface area contributed by atoms with Gasteiger partial charge in [0.1, 0.15) is 5.15 Å². The van der Waals surface area contributed by atoms with E-state index in [2.05, 4.69) is 10.3 Å². The van der Waals surface area contributed by atoms with Crippen LogP contribution in [-0.4, -0.2) is 15.3 Å². The van der Waals surface area contributed by atoms with Crippen LogP contribution in [0.2, 0.25) is 5.15 Å². The number of carbonyl (C=O) groups is 1. The molecular formula is C22H15ClF3N3OS. The fraction of sp³-hybridized carbons (Fsp3) is 0.0909. The van der Waals surface area contributed by atoms with Crippen molar-refractivity contribution in [3.05, 3.63) is 92.5 Å². The maximum atomic E-state index is 13.7. The molecule has 4 rings (SSSR count). The number of fused-ring (bicyclic) bond motifs is 1. The van der Waals surface area contributed by atoms with E-state index < -0.39 is 23.3 Å². The van der Waals surface area contributed by atoms with Crippen LogP contribution in [-0.2, 0) is 12.7 Å². The van der Waals surface area contributed by atoms with Gasteiger partial charge >= 0.3 is 6.18 Å². The predicted molar refractivity (Wildman–Crippen MR) is 116 cm³/mol. The lowest BCUT2D eigenvalue weighted by molar-refractivity contribution is -0.136. The van der Waals surface area contributed by atoms with Gasteiger partial charge in [-0.1, -0.05) is 60.2 Å². The molecule has 0 saturated carbocycles. The molecule has 0 aliphatic carbocycles. The van der Waals surface area contributed by atoms with Gasteiger partial charge in [-0.3, -0.25) is 9.20 Å². The average molecular weight is 462 g/mol. The number of nitrogens with one attached hydrogen (secondary N) is 1. The van der Waals surface area contributed by atoms with Crippen LogP contribution in [0.25, 0.3) is 17.8 Å². The molecule has 0 fully saturated rings. The van der Waals surface area contributed by atoms with E-state index in [0.29, 0.717) is 0 Å². The molecule has 0 atom stereocenters. The highest BCUT2D eigenvalue weighted by molar-refractivity contribution is 7.09. The van der Waals surface area contributed by atoms with Gasteiger partial charge in [0.05, 0.1) is 12.1 Å². The Kier molecular flexibility index (Phi) is 5.84. The minimum absolute atomic E-state index is 0.181. The zero-order valence-electron chi connectivity index (χ0n) is 15.9. The summed E-state index contributed by atoms with van der Waals surface area (Å²) in [6, 6.07) is 13.8. The van der Waals surface area contributed by atoms with E-state index in [0.717, 1.165) is 20.9 Å². The molecule has 0 radical (unpaired) electrons. The number of pyridine rings is 1. The summed E-state index contributed by atoms with van der Waals surface area (Å²) in [7, 11) is 0. The summed E-state index contributed by atoms with van der Waals surface area (Å²) in [5.74, 6) is -0.642. The van der Waals surface area contributed by atoms with Crippen molar-refractivity contribution in [2.45, 2.75) is 12.7 Å². The number of imidazole rings is 1. The van der Waals surface area contributed by atoms with E-state index in [1.165, 1.54) is 17.5 Å². The van der Waals surface area contributed by atoms with E-state index in [9.17, 15) is 18.0 Å². The monoisotopic (exact) mass is 461 g/mol. The average Bonchev–Trinajstić information content (AvgIpc) is 3.38. The summed E-state index contributed by atoms with van der Waals surface area (Å²) >= 11 is 7.73. The van der Waals surface area contributed by atoms with Crippen LogP contribution in [0.3, 0.4) is 0 Å². The second-order valence-corrected chi connectivity index (χ2v) is 8.03. The highest BCUT2D eigenvalue weighted by atomic mass is 35.5. The molecule has 1 amide bonds. The Morgan fingerprint density at radius 2 is 1.87 bits per heavy atom. The second-order valence-electron chi connectivity index (χ2n) is 6.64. The fourth-order valence-corrected chi connectivity index (χ4v) is 3.90. The number of amides is 1. The van der Waals surface area contributed by atoms with Gasteiger partial charge < -0.3 is 5.32 Å². The number of carbonyl (C=O) groups excluding carboxylic acids is 1. The van der Waals surface area contributed by atoms with Crippen molar-refractivity contribution in [2.24, 2.45) is 0 Å². The normalized spacial score (nSPS) is 12.0. The molecule has 4 nitrogen and oxygen atoms in total. The molecule has 3 aromatic heterocycles. The van der Waals surface area contributed by atoms with Crippen molar-refractivity contribution in [1.82, 2.24) is 14.7 Å². The minimum atomic E-state index is -4.67. The van der Waals surface area contributed by atoms with Gasteiger partial charge in [-0.25, -0.2) is 4.98 Å². The Hall–Kier alpha value is -3.10. The number of thiophene rings is 1. The lowest BCUT2D eigenvalue weighted by Crippen LogP contribution is -2.23. The SMILES string of the molecule is O=C(NCc1cccs1)c1nc2c(C(F)(F)F)cc(/C=C/c3ccccc3)cn2c1Cl. The highest BCUT2D eigenvalue weighted by Crippen LogP contribution is 2.35. The van der Waals surface area contributed by atoms with E-state index in [4.69, 9.17) is 11.6 Å². The number of alkyl halides is 3. The molecule has 0 aliphatic rings. The second kappa shape index (κ2) is 8.56. The first-order valence-electron chi connectivity index (χ1n) is 9.15. The van der Waals surface area contributed by atoms with Gasteiger partial charge in [-0.2, -0.15) is 13.2 Å². The maximum absolute atomic E-state index is 13.7. The minimum Gasteiger partial charge on any atom is -0.346 e. The van der Waals surface area contributed by atoms with Gasteiger partial charge in [0.15, 0.2) is 11.3 Å². The van der Waals surface area contributed by atoms with Gasteiger partial charge in [0, 0.05) is 11.1 Å². The summed E-state index contributed by atoms with van der Waals surface area (Å²) in [6.45, 7) is 0.234. The lowest BCUT2D eigenvalue weighted by Gasteiger charge is -2.09. The van der Waals surface area contributed by atoms with E-state index in [-0.39, 0.29) is 23.0 Å².